The fourth-order valence-electron chi connectivity index (χ4n) is 1.83. The minimum atomic E-state index is -0.493. The van der Waals surface area contributed by atoms with Gasteiger partial charge in [0.25, 0.3) is 0 Å². The summed E-state index contributed by atoms with van der Waals surface area (Å²) in [5.41, 5.74) is 0.500. The van der Waals surface area contributed by atoms with Gasteiger partial charge in [-0.3, -0.25) is 0 Å². The van der Waals surface area contributed by atoms with Crippen LogP contribution in [0.5, 0.6) is 0 Å². The molecule has 0 bridgehead atoms. The highest BCUT2D eigenvalue weighted by Gasteiger charge is 2.15. The average molecular weight is 387 g/mol. The normalized spacial score (nSPS) is 13.1. The molecule has 128 valence electrons. The lowest BCUT2D eigenvalue weighted by Gasteiger charge is -2.19. The third kappa shape index (κ3) is 8.13. The maximum absolute atomic E-state index is 13.1. The van der Waals surface area contributed by atoms with Gasteiger partial charge in [0.2, 0.25) is 0 Å². The Morgan fingerprint density at radius 1 is 1.35 bits per heavy atom. The number of hydrogen-bond donors (Lipinski definition) is 2. The summed E-state index contributed by atoms with van der Waals surface area (Å²) in [5.74, 6) is -0.263. The number of carbonyl (C=O) groups excluding carboxylic acids is 1. The molecule has 0 aromatic heterocycles. The number of ether oxygens (including phenoxy) is 1. The largest absolute Gasteiger partial charge is 0.444 e. The van der Waals surface area contributed by atoms with Crippen molar-refractivity contribution in [2.24, 2.45) is 0 Å². The Kier molecular flexibility index (Phi) is 7.72. The van der Waals surface area contributed by atoms with Gasteiger partial charge in [-0.15, -0.1) is 0 Å². The van der Waals surface area contributed by atoms with Crippen LogP contribution >= 0.6 is 15.9 Å². The van der Waals surface area contributed by atoms with Crippen LogP contribution < -0.4 is 10.6 Å². The van der Waals surface area contributed by atoms with Crippen LogP contribution in [0.1, 0.15) is 39.3 Å². The number of halogens is 2. The van der Waals surface area contributed by atoms with E-state index in [9.17, 15) is 9.18 Å². The second-order valence-corrected chi connectivity index (χ2v) is 7.00. The zero-order chi connectivity index (χ0) is 17.5. The molecule has 2 N–H and O–H groups in total. The van der Waals surface area contributed by atoms with Gasteiger partial charge in [-0.05, 0) is 45.4 Å². The first kappa shape index (κ1) is 19.6. The van der Waals surface area contributed by atoms with Crippen molar-refractivity contribution in [1.29, 1.82) is 0 Å². The molecule has 0 aliphatic rings. The van der Waals surface area contributed by atoms with Gasteiger partial charge < -0.3 is 15.4 Å². The van der Waals surface area contributed by atoms with Crippen LogP contribution in [0.2, 0.25) is 0 Å². The van der Waals surface area contributed by atoms with Gasteiger partial charge in [0, 0.05) is 23.6 Å². The molecule has 23 heavy (non-hydrogen) atoms. The van der Waals surface area contributed by atoms with Crippen LogP contribution in [0, 0.1) is 5.82 Å². The molecule has 1 atom stereocenters. The van der Waals surface area contributed by atoms with Crippen LogP contribution in [0.3, 0.4) is 0 Å². The van der Waals surface area contributed by atoms with Crippen molar-refractivity contribution in [3.63, 3.8) is 0 Å². The Balaban J connectivity index is 2.29. The summed E-state index contributed by atoms with van der Waals surface area (Å²) in [4.78, 5) is 11.4. The van der Waals surface area contributed by atoms with Crippen LogP contribution in [0.25, 0.3) is 0 Å². The third-order valence-electron chi connectivity index (χ3n) is 2.90. The summed E-state index contributed by atoms with van der Waals surface area (Å²) in [6, 6.07) is 4.73. The van der Waals surface area contributed by atoms with Gasteiger partial charge in [0.1, 0.15) is 11.4 Å². The van der Waals surface area contributed by atoms with E-state index in [0.717, 1.165) is 10.0 Å². The van der Waals surface area contributed by atoms with Gasteiger partial charge in [0.05, 0.1) is 0 Å². The first-order valence-electron chi connectivity index (χ1n) is 7.49. The minimum Gasteiger partial charge on any atom is -0.444 e. The summed E-state index contributed by atoms with van der Waals surface area (Å²) in [6.07, 6.45) is 3.34. The van der Waals surface area contributed by atoms with Crippen molar-refractivity contribution < 1.29 is 13.9 Å². The molecule has 0 aliphatic carbocycles. The molecular weight excluding hydrogens is 363 g/mol. The molecule has 1 aromatic rings. The second kappa shape index (κ2) is 9.03. The molecule has 0 aliphatic heterocycles. The predicted molar refractivity (Wildman–Crippen MR) is 93.9 cm³/mol. The summed E-state index contributed by atoms with van der Waals surface area (Å²) < 4.78 is 18.9. The van der Waals surface area contributed by atoms with E-state index in [1.54, 1.807) is 6.07 Å². The molecule has 4 nitrogen and oxygen atoms in total. The van der Waals surface area contributed by atoms with E-state index in [0.29, 0.717) is 13.1 Å². The van der Waals surface area contributed by atoms with E-state index in [-0.39, 0.29) is 11.9 Å². The maximum atomic E-state index is 13.1. The first-order chi connectivity index (χ1) is 10.7. The van der Waals surface area contributed by atoms with Crippen LogP contribution in [0.15, 0.2) is 34.8 Å². The lowest BCUT2D eigenvalue weighted by molar-refractivity contribution is 0.0534. The van der Waals surface area contributed by atoms with E-state index in [4.69, 9.17) is 4.74 Å². The zero-order valence-corrected chi connectivity index (χ0v) is 15.5. The number of hydrogen-bond acceptors (Lipinski definition) is 3. The molecule has 1 aromatic carbocycles. The van der Waals surface area contributed by atoms with Crippen molar-refractivity contribution in [3.05, 3.63) is 46.2 Å². The first-order valence-corrected chi connectivity index (χ1v) is 8.28. The molecule has 0 saturated carbocycles. The number of carbonyl (C=O) groups is 1. The van der Waals surface area contributed by atoms with Crippen molar-refractivity contribution in [3.8, 4) is 0 Å². The molecule has 0 radical (unpaired) electrons. The molecule has 1 amide bonds. The number of amides is 1. The van der Waals surface area contributed by atoms with E-state index < -0.39 is 11.7 Å². The molecule has 6 heteroatoms. The number of nitrogens with one attached hydrogen (secondary N) is 2. The van der Waals surface area contributed by atoms with Crippen LogP contribution in [-0.4, -0.2) is 24.8 Å². The number of alkyl carbamates (subject to hydrolysis) is 1. The summed E-state index contributed by atoms with van der Waals surface area (Å²) in [5, 5.41) is 5.95. The summed E-state index contributed by atoms with van der Waals surface area (Å²) in [6.45, 7) is 8.51. The molecule has 0 heterocycles. The monoisotopic (exact) mass is 386 g/mol. The highest BCUT2D eigenvalue weighted by molar-refractivity contribution is 9.10. The molecule has 0 spiro atoms. The highest BCUT2D eigenvalue weighted by Crippen LogP contribution is 2.23. The summed E-state index contributed by atoms with van der Waals surface area (Å²) >= 11 is 3.36. The van der Waals surface area contributed by atoms with Gasteiger partial charge in [0.15, 0.2) is 0 Å². The lowest BCUT2D eigenvalue weighted by atomic mass is 10.1. The van der Waals surface area contributed by atoms with Crippen molar-refractivity contribution in [1.82, 2.24) is 10.6 Å². The predicted octanol–water partition coefficient (Wildman–Crippen LogP) is 4.32. The molecule has 0 fully saturated rings. The van der Waals surface area contributed by atoms with Gasteiger partial charge in [-0.2, -0.15) is 0 Å². The SMILES string of the molecule is CC(NC/C=C/CNC(=O)OC(C)(C)C)c1ccc(F)cc1Br. The van der Waals surface area contributed by atoms with E-state index in [2.05, 4.69) is 26.6 Å². The van der Waals surface area contributed by atoms with Gasteiger partial charge >= 0.3 is 6.09 Å². The zero-order valence-electron chi connectivity index (χ0n) is 14.0. The molecule has 1 unspecified atom stereocenters. The van der Waals surface area contributed by atoms with E-state index in [1.165, 1.54) is 12.1 Å². The highest BCUT2D eigenvalue weighted by atomic mass is 79.9. The van der Waals surface area contributed by atoms with E-state index in [1.807, 2.05) is 39.8 Å². The smallest absolute Gasteiger partial charge is 0.407 e. The van der Waals surface area contributed by atoms with Crippen LogP contribution in [-0.2, 0) is 4.74 Å². The Bertz CT molecular complexity index is 556. The molecular formula is C17H24BrFN2O2. The number of benzene rings is 1. The third-order valence-corrected chi connectivity index (χ3v) is 3.59. The molecule has 0 saturated heterocycles. The second-order valence-electron chi connectivity index (χ2n) is 6.15. The Morgan fingerprint density at radius 2 is 2.00 bits per heavy atom. The van der Waals surface area contributed by atoms with Gasteiger partial charge in [-0.1, -0.05) is 34.1 Å². The molecule has 1 rings (SSSR count). The van der Waals surface area contributed by atoms with Gasteiger partial charge in [-0.25, -0.2) is 9.18 Å². The van der Waals surface area contributed by atoms with E-state index >= 15 is 0 Å². The quantitative estimate of drug-likeness (QED) is 0.715. The van der Waals surface area contributed by atoms with Crippen molar-refractivity contribution >= 4 is 22.0 Å². The fourth-order valence-corrected chi connectivity index (χ4v) is 2.52. The maximum Gasteiger partial charge on any atom is 0.407 e. The Labute approximate surface area is 145 Å². The Morgan fingerprint density at radius 3 is 2.61 bits per heavy atom. The lowest BCUT2D eigenvalue weighted by Crippen LogP contribution is -2.32. The fraction of sp³-hybridized carbons (Fsp3) is 0.471. The summed E-state index contributed by atoms with van der Waals surface area (Å²) in [7, 11) is 0. The Hall–Kier alpha value is -1.40. The number of rotatable bonds is 6. The topological polar surface area (TPSA) is 50.4 Å². The standard InChI is InChI=1S/C17H24BrFN2O2/c1-12(14-8-7-13(19)11-15(14)18)20-9-5-6-10-21-16(22)23-17(2,3)4/h5-8,11-12,20H,9-10H2,1-4H3,(H,21,22)/b6-5+. The average Bonchev–Trinajstić information content (AvgIpc) is 2.40. The van der Waals surface area contributed by atoms with Crippen molar-refractivity contribution in [2.45, 2.75) is 39.3 Å². The van der Waals surface area contributed by atoms with Crippen molar-refractivity contribution in [2.75, 3.05) is 13.1 Å². The van der Waals surface area contributed by atoms with Crippen LogP contribution in [0.4, 0.5) is 9.18 Å². The minimum absolute atomic E-state index is 0.0773.